The second kappa shape index (κ2) is 12.9. The zero-order valence-corrected chi connectivity index (χ0v) is 23.8. The molecular weight excluding hydrogens is 452 g/mol. The van der Waals surface area contributed by atoms with Crippen molar-refractivity contribution in [3.05, 3.63) is 0 Å². The smallest absolute Gasteiger partial charge is 0.302 e. The summed E-state index contributed by atoms with van der Waals surface area (Å²) in [5.74, 6) is 3.22. The van der Waals surface area contributed by atoms with Crippen LogP contribution in [0.3, 0.4) is 0 Å². The Balaban J connectivity index is 1.93. The molecule has 36 heavy (non-hydrogen) atoms. The molecule has 10 atom stereocenters. The summed E-state index contributed by atoms with van der Waals surface area (Å²) in [7, 11) is 0. The van der Waals surface area contributed by atoms with Crippen molar-refractivity contribution in [2.45, 2.75) is 131 Å². The Morgan fingerprint density at radius 1 is 1.00 bits per heavy atom. The number of hydrogen-bond donors (Lipinski definition) is 0. The van der Waals surface area contributed by atoms with Crippen molar-refractivity contribution in [2.24, 2.45) is 46.8 Å². The van der Waals surface area contributed by atoms with E-state index in [1.165, 1.54) is 32.6 Å². The molecule has 5 nitrogen and oxygen atoms in total. The van der Waals surface area contributed by atoms with Crippen LogP contribution in [0.1, 0.15) is 119 Å². The van der Waals surface area contributed by atoms with Gasteiger partial charge in [0.1, 0.15) is 18.5 Å². The Hall–Kier alpha value is -1.39. The van der Waals surface area contributed by atoms with E-state index in [0.29, 0.717) is 41.9 Å². The Kier molecular flexibility index (Phi) is 10.5. The number of unbranched alkanes of at least 4 members (excludes halogenated alkanes) is 1. The van der Waals surface area contributed by atoms with Gasteiger partial charge in [-0.05, 0) is 105 Å². The molecule has 0 bridgehead atoms. The summed E-state index contributed by atoms with van der Waals surface area (Å²) in [6, 6.07) is 0. The highest BCUT2D eigenvalue weighted by Gasteiger charge is 2.58. The van der Waals surface area contributed by atoms with Crippen LogP contribution in [-0.2, 0) is 23.9 Å². The third-order valence-electron chi connectivity index (χ3n) is 10.7. The second-order valence-corrected chi connectivity index (χ2v) is 12.8. The number of ether oxygens (including phenoxy) is 2. The molecule has 0 amide bonds. The predicted octanol–water partition coefficient (Wildman–Crippen LogP) is 7.15. The molecule has 3 rings (SSSR count). The number of aldehydes is 1. The van der Waals surface area contributed by atoms with Crippen molar-refractivity contribution in [2.75, 3.05) is 0 Å². The van der Waals surface area contributed by atoms with Gasteiger partial charge in [-0.15, -0.1) is 0 Å². The molecule has 0 heterocycles. The van der Waals surface area contributed by atoms with Gasteiger partial charge in [0, 0.05) is 26.2 Å². The normalized spacial score (nSPS) is 39.8. The summed E-state index contributed by atoms with van der Waals surface area (Å²) in [5, 5.41) is 0. The minimum absolute atomic E-state index is 0.0366. The first-order valence-corrected chi connectivity index (χ1v) is 14.9. The van der Waals surface area contributed by atoms with Gasteiger partial charge in [-0.25, -0.2) is 0 Å². The number of fused-ring (bicyclic) bond motifs is 3. The minimum atomic E-state index is -0.195. The molecule has 0 aromatic carbocycles. The van der Waals surface area contributed by atoms with Crippen molar-refractivity contribution in [3.8, 4) is 0 Å². The highest BCUT2D eigenvalue weighted by molar-refractivity contribution is 5.66. The Bertz CT molecular complexity index is 749. The maximum absolute atomic E-state index is 12.5. The first-order chi connectivity index (χ1) is 17.1. The first-order valence-electron chi connectivity index (χ1n) is 14.9. The number of carbonyl (C=O) groups excluding carboxylic acids is 3. The average molecular weight is 505 g/mol. The SMILES string of the molecule is CC[C@@H]1CC[C@H](OC(C)=O)CCC(C)[C@H]2CCC3(C)C([C@H](C)CCCC=O)CC[C@H]3[C@@H]2[C@@H]1OC(C)=O. The van der Waals surface area contributed by atoms with E-state index in [9.17, 15) is 14.4 Å². The van der Waals surface area contributed by atoms with Crippen LogP contribution < -0.4 is 0 Å². The minimum Gasteiger partial charge on any atom is -0.463 e. The van der Waals surface area contributed by atoms with E-state index in [2.05, 4.69) is 27.7 Å². The van der Waals surface area contributed by atoms with Gasteiger partial charge in [0.2, 0.25) is 0 Å². The van der Waals surface area contributed by atoms with Crippen LogP contribution in [0.2, 0.25) is 0 Å². The van der Waals surface area contributed by atoms with Crippen LogP contribution in [0, 0.1) is 46.8 Å². The van der Waals surface area contributed by atoms with Crippen LogP contribution in [0.25, 0.3) is 0 Å². The van der Waals surface area contributed by atoms with Crippen molar-refractivity contribution >= 4 is 18.2 Å². The fraction of sp³-hybridized carbons (Fsp3) is 0.903. The Labute approximate surface area is 219 Å². The van der Waals surface area contributed by atoms with Gasteiger partial charge in [-0.1, -0.05) is 34.1 Å². The van der Waals surface area contributed by atoms with Crippen molar-refractivity contribution < 1.29 is 23.9 Å². The molecule has 0 saturated heterocycles. The second-order valence-electron chi connectivity index (χ2n) is 12.8. The molecule has 0 aromatic heterocycles. The highest BCUT2D eigenvalue weighted by Crippen LogP contribution is 2.64. The lowest BCUT2D eigenvalue weighted by atomic mass is 9.52. The molecule has 3 fully saturated rings. The molecule has 0 aromatic rings. The van der Waals surface area contributed by atoms with E-state index >= 15 is 0 Å². The van der Waals surface area contributed by atoms with E-state index < -0.39 is 0 Å². The topological polar surface area (TPSA) is 69.7 Å². The van der Waals surface area contributed by atoms with E-state index in [0.717, 1.165) is 51.2 Å². The monoisotopic (exact) mass is 504 g/mol. The van der Waals surface area contributed by atoms with Crippen LogP contribution in [0.4, 0.5) is 0 Å². The summed E-state index contributed by atoms with van der Waals surface area (Å²) in [5.41, 5.74) is 0.266. The zero-order valence-electron chi connectivity index (χ0n) is 23.8. The average Bonchev–Trinajstić information content (AvgIpc) is 3.17. The standard InChI is InChI=1S/C31H52O5/c1-7-24-12-14-25(35-22(4)33)13-11-20(2)26-17-18-31(6)27(21(3)10-8-9-19-32)15-16-28(31)29(26)30(24)36-23(5)34/h19-21,24-30H,7-18H2,1-6H3/t20?,21-,24-,25-,26-,27?,28+,29-,30-,31?/m1/s1. The molecule has 3 unspecified atom stereocenters. The number of carbonyl (C=O) groups is 3. The number of hydrogen-bond acceptors (Lipinski definition) is 5. The predicted molar refractivity (Wildman–Crippen MR) is 142 cm³/mol. The molecule has 206 valence electrons. The zero-order chi connectivity index (χ0) is 26.5. The molecule has 3 saturated carbocycles. The van der Waals surface area contributed by atoms with E-state index in [-0.39, 0.29) is 35.5 Å². The summed E-state index contributed by atoms with van der Waals surface area (Å²) in [6.07, 6.45) is 13.3. The van der Waals surface area contributed by atoms with Gasteiger partial charge >= 0.3 is 11.9 Å². The third kappa shape index (κ3) is 6.54. The van der Waals surface area contributed by atoms with Gasteiger partial charge in [-0.2, -0.15) is 0 Å². The maximum atomic E-state index is 12.5. The van der Waals surface area contributed by atoms with Crippen molar-refractivity contribution in [3.63, 3.8) is 0 Å². The van der Waals surface area contributed by atoms with Gasteiger partial charge in [-0.3, -0.25) is 9.59 Å². The van der Waals surface area contributed by atoms with Crippen molar-refractivity contribution in [1.82, 2.24) is 0 Å². The lowest BCUT2D eigenvalue weighted by Crippen LogP contribution is -2.51. The summed E-state index contributed by atoms with van der Waals surface area (Å²) in [6.45, 7) is 12.6. The Morgan fingerprint density at radius 3 is 2.33 bits per heavy atom. The summed E-state index contributed by atoms with van der Waals surface area (Å²) >= 11 is 0. The molecule has 0 spiro atoms. The molecule has 3 aliphatic rings. The lowest BCUT2D eigenvalue weighted by Gasteiger charge is -2.54. The quantitative estimate of drug-likeness (QED) is 0.199. The fourth-order valence-corrected chi connectivity index (χ4v) is 8.90. The summed E-state index contributed by atoms with van der Waals surface area (Å²) < 4.78 is 12.0. The molecule has 0 aliphatic heterocycles. The van der Waals surface area contributed by atoms with Crippen LogP contribution >= 0.6 is 0 Å². The molecule has 0 N–H and O–H groups in total. The third-order valence-corrected chi connectivity index (χ3v) is 10.7. The molecule has 3 aliphatic carbocycles. The summed E-state index contributed by atoms with van der Waals surface area (Å²) in [4.78, 5) is 35.1. The molecule has 5 heteroatoms. The van der Waals surface area contributed by atoms with Gasteiger partial charge < -0.3 is 14.3 Å². The number of esters is 2. The number of rotatable bonds is 8. The van der Waals surface area contributed by atoms with Gasteiger partial charge in [0.25, 0.3) is 0 Å². The van der Waals surface area contributed by atoms with Crippen molar-refractivity contribution in [1.29, 1.82) is 0 Å². The largest absolute Gasteiger partial charge is 0.463 e. The van der Waals surface area contributed by atoms with Gasteiger partial charge in [0.05, 0.1) is 0 Å². The van der Waals surface area contributed by atoms with Crippen LogP contribution in [0.5, 0.6) is 0 Å². The van der Waals surface area contributed by atoms with Gasteiger partial charge in [0.15, 0.2) is 0 Å². The van der Waals surface area contributed by atoms with E-state index in [1.54, 1.807) is 6.92 Å². The van der Waals surface area contributed by atoms with Crippen LogP contribution in [0.15, 0.2) is 0 Å². The lowest BCUT2D eigenvalue weighted by molar-refractivity contribution is -0.166. The molecular formula is C31H52O5. The maximum Gasteiger partial charge on any atom is 0.302 e. The van der Waals surface area contributed by atoms with E-state index in [1.807, 2.05) is 0 Å². The molecule has 0 radical (unpaired) electrons. The van der Waals surface area contributed by atoms with Crippen LogP contribution in [-0.4, -0.2) is 30.4 Å². The Morgan fingerprint density at radius 2 is 1.69 bits per heavy atom. The first kappa shape index (κ1) is 29.2. The fourth-order valence-electron chi connectivity index (χ4n) is 8.90. The highest BCUT2D eigenvalue weighted by atomic mass is 16.5. The van der Waals surface area contributed by atoms with E-state index in [4.69, 9.17) is 9.47 Å².